The lowest BCUT2D eigenvalue weighted by molar-refractivity contribution is 0.0928. The van der Waals surface area contributed by atoms with Gasteiger partial charge in [-0.25, -0.2) is 0 Å². The van der Waals surface area contributed by atoms with Gasteiger partial charge in [-0.2, -0.15) is 5.26 Å². The molecule has 0 unspecified atom stereocenters. The fraction of sp³-hybridized carbons (Fsp3) is 0.333. The van der Waals surface area contributed by atoms with E-state index in [-0.39, 0.29) is 5.78 Å². The SMILES string of the molecule is CC(C)=C(C#N)N1c2ccccc2C(=O)C1(C)C. The molecule has 1 heterocycles. The van der Waals surface area contributed by atoms with Crippen LogP contribution in [0.4, 0.5) is 5.69 Å². The average Bonchev–Trinajstić information content (AvgIpc) is 2.52. The molecule has 0 N–H and O–H groups in total. The largest absolute Gasteiger partial charge is 0.319 e. The number of ketones is 1. The molecule has 3 nitrogen and oxygen atoms in total. The molecule has 92 valence electrons. The first-order valence-electron chi connectivity index (χ1n) is 5.93. The van der Waals surface area contributed by atoms with Crippen LogP contribution in [-0.2, 0) is 0 Å². The van der Waals surface area contributed by atoms with Gasteiger partial charge in [0.1, 0.15) is 17.3 Å². The molecule has 0 aromatic heterocycles. The number of allylic oxidation sites excluding steroid dienone is 2. The van der Waals surface area contributed by atoms with Gasteiger partial charge in [-0.05, 0) is 45.4 Å². The summed E-state index contributed by atoms with van der Waals surface area (Å²) in [5, 5.41) is 9.34. The number of fused-ring (bicyclic) bond motifs is 1. The predicted molar refractivity (Wildman–Crippen MR) is 71.3 cm³/mol. The van der Waals surface area contributed by atoms with E-state index in [0.717, 1.165) is 11.3 Å². The van der Waals surface area contributed by atoms with Crippen LogP contribution in [-0.4, -0.2) is 11.3 Å². The van der Waals surface area contributed by atoms with Crippen LogP contribution in [0.5, 0.6) is 0 Å². The number of carbonyl (C=O) groups excluding carboxylic acids is 1. The highest BCUT2D eigenvalue weighted by Crippen LogP contribution is 2.41. The number of hydrogen-bond acceptors (Lipinski definition) is 3. The highest BCUT2D eigenvalue weighted by molar-refractivity contribution is 6.14. The molecular formula is C15H16N2O. The summed E-state index contributed by atoms with van der Waals surface area (Å²) in [4.78, 5) is 14.2. The van der Waals surface area contributed by atoms with Crippen molar-refractivity contribution in [3.8, 4) is 6.07 Å². The number of para-hydroxylation sites is 1. The summed E-state index contributed by atoms with van der Waals surface area (Å²) >= 11 is 0. The molecular weight excluding hydrogens is 224 g/mol. The number of nitrogens with zero attached hydrogens (tertiary/aromatic N) is 2. The van der Waals surface area contributed by atoms with Gasteiger partial charge in [0, 0.05) is 5.56 Å². The minimum absolute atomic E-state index is 0.0621. The van der Waals surface area contributed by atoms with Crippen molar-refractivity contribution in [1.29, 1.82) is 5.26 Å². The number of anilines is 1. The standard InChI is InChI=1S/C15H16N2O/c1-10(2)13(9-16)17-12-8-6-5-7-11(12)14(18)15(17,3)4/h5-8H,1-4H3. The molecule has 0 atom stereocenters. The Balaban J connectivity index is 2.72. The molecule has 0 bridgehead atoms. The highest BCUT2D eigenvalue weighted by Gasteiger charge is 2.45. The maximum Gasteiger partial charge on any atom is 0.190 e. The Morgan fingerprint density at radius 3 is 2.44 bits per heavy atom. The smallest absolute Gasteiger partial charge is 0.190 e. The minimum Gasteiger partial charge on any atom is -0.319 e. The Hall–Kier alpha value is -2.08. The first-order chi connectivity index (χ1) is 8.41. The fourth-order valence-corrected chi connectivity index (χ4v) is 2.38. The molecule has 18 heavy (non-hydrogen) atoms. The molecule has 1 aliphatic heterocycles. The first-order valence-corrected chi connectivity index (χ1v) is 5.93. The normalized spacial score (nSPS) is 16.2. The van der Waals surface area contributed by atoms with E-state index in [1.807, 2.05) is 56.9 Å². The van der Waals surface area contributed by atoms with Crippen molar-refractivity contribution in [1.82, 2.24) is 0 Å². The van der Waals surface area contributed by atoms with E-state index in [4.69, 9.17) is 0 Å². The number of carbonyl (C=O) groups is 1. The molecule has 2 rings (SSSR count). The molecule has 0 fully saturated rings. The maximum absolute atomic E-state index is 12.4. The Kier molecular flexibility index (Phi) is 2.74. The van der Waals surface area contributed by atoms with Crippen molar-refractivity contribution < 1.29 is 4.79 Å². The molecule has 0 spiro atoms. The van der Waals surface area contributed by atoms with E-state index in [0.29, 0.717) is 11.3 Å². The van der Waals surface area contributed by atoms with Gasteiger partial charge in [-0.3, -0.25) is 4.79 Å². The van der Waals surface area contributed by atoms with Crippen LogP contribution in [0.2, 0.25) is 0 Å². The topological polar surface area (TPSA) is 44.1 Å². The third-order valence-electron chi connectivity index (χ3n) is 3.31. The summed E-state index contributed by atoms with van der Waals surface area (Å²) in [6, 6.07) is 9.67. The van der Waals surface area contributed by atoms with Crippen LogP contribution in [0.3, 0.4) is 0 Å². The van der Waals surface area contributed by atoms with Crippen molar-refractivity contribution in [2.45, 2.75) is 33.2 Å². The maximum atomic E-state index is 12.4. The molecule has 0 saturated heterocycles. The number of rotatable bonds is 1. The van der Waals surface area contributed by atoms with Crippen molar-refractivity contribution in [2.24, 2.45) is 0 Å². The van der Waals surface area contributed by atoms with Crippen LogP contribution in [0.1, 0.15) is 38.1 Å². The van der Waals surface area contributed by atoms with Crippen molar-refractivity contribution in [3.63, 3.8) is 0 Å². The van der Waals surface area contributed by atoms with Gasteiger partial charge in [-0.1, -0.05) is 12.1 Å². The summed E-state index contributed by atoms with van der Waals surface area (Å²) < 4.78 is 0. The lowest BCUT2D eigenvalue weighted by atomic mass is 9.97. The van der Waals surface area contributed by atoms with Crippen LogP contribution < -0.4 is 4.90 Å². The van der Waals surface area contributed by atoms with Gasteiger partial charge < -0.3 is 4.90 Å². The van der Waals surface area contributed by atoms with Gasteiger partial charge in [0.05, 0.1) is 5.69 Å². The van der Waals surface area contributed by atoms with E-state index < -0.39 is 5.54 Å². The van der Waals surface area contributed by atoms with Crippen LogP contribution in [0, 0.1) is 11.3 Å². The molecule has 0 saturated carbocycles. The third kappa shape index (κ3) is 1.53. The molecule has 1 aromatic rings. The molecule has 1 aliphatic rings. The Labute approximate surface area is 107 Å². The Bertz CT molecular complexity index is 587. The second-order valence-corrected chi connectivity index (χ2v) is 5.20. The van der Waals surface area contributed by atoms with E-state index in [1.165, 1.54) is 0 Å². The minimum atomic E-state index is -0.702. The number of nitriles is 1. The van der Waals surface area contributed by atoms with E-state index in [2.05, 4.69) is 6.07 Å². The van der Waals surface area contributed by atoms with Gasteiger partial charge in [-0.15, -0.1) is 0 Å². The summed E-state index contributed by atoms with van der Waals surface area (Å²) in [5.74, 6) is 0.0621. The molecule has 1 aromatic carbocycles. The number of Topliss-reactive ketones (excluding diaryl/α,β-unsaturated/α-hetero) is 1. The quantitative estimate of drug-likeness (QED) is 0.707. The number of benzene rings is 1. The van der Waals surface area contributed by atoms with Crippen molar-refractivity contribution in [3.05, 3.63) is 41.1 Å². The van der Waals surface area contributed by atoms with Crippen LogP contribution in [0.15, 0.2) is 35.5 Å². The zero-order valence-corrected chi connectivity index (χ0v) is 11.1. The number of hydrogen-bond donors (Lipinski definition) is 0. The molecule has 0 radical (unpaired) electrons. The van der Waals surface area contributed by atoms with Crippen molar-refractivity contribution in [2.75, 3.05) is 4.90 Å². The first kappa shape index (κ1) is 12.4. The van der Waals surface area contributed by atoms with E-state index in [1.54, 1.807) is 0 Å². The van der Waals surface area contributed by atoms with Crippen LogP contribution >= 0.6 is 0 Å². The summed E-state index contributed by atoms with van der Waals surface area (Å²) in [5.41, 5.74) is 2.28. The zero-order chi connectivity index (χ0) is 13.5. The van der Waals surface area contributed by atoms with Crippen molar-refractivity contribution >= 4 is 11.5 Å². The summed E-state index contributed by atoms with van der Waals surface area (Å²) in [7, 11) is 0. The predicted octanol–water partition coefficient (Wildman–Crippen LogP) is 3.29. The lowest BCUT2D eigenvalue weighted by Crippen LogP contribution is -2.44. The molecule has 3 heteroatoms. The van der Waals surface area contributed by atoms with Gasteiger partial charge >= 0.3 is 0 Å². The van der Waals surface area contributed by atoms with Gasteiger partial charge in [0.2, 0.25) is 0 Å². The van der Waals surface area contributed by atoms with Gasteiger partial charge in [0.25, 0.3) is 0 Å². The summed E-state index contributed by atoms with van der Waals surface area (Å²) in [6.07, 6.45) is 0. The Morgan fingerprint density at radius 2 is 1.89 bits per heavy atom. The van der Waals surface area contributed by atoms with E-state index >= 15 is 0 Å². The second-order valence-electron chi connectivity index (χ2n) is 5.20. The Morgan fingerprint density at radius 1 is 1.28 bits per heavy atom. The fourth-order valence-electron chi connectivity index (χ4n) is 2.38. The van der Waals surface area contributed by atoms with Gasteiger partial charge in [0.15, 0.2) is 5.78 Å². The molecule has 0 amide bonds. The second kappa shape index (κ2) is 3.99. The van der Waals surface area contributed by atoms with Crippen LogP contribution in [0.25, 0.3) is 0 Å². The third-order valence-corrected chi connectivity index (χ3v) is 3.31. The average molecular weight is 240 g/mol. The zero-order valence-electron chi connectivity index (χ0n) is 11.1. The molecule has 0 aliphatic carbocycles. The monoisotopic (exact) mass is 240 g/mol. The lowest BCUT2D eigenvalue weighted by Gasteiger charge is -2.32. The summed E-state index contributed by atoms with van der Waals surface area (Å²) in [6.45, 7) is 7.49. The van der Waals surface area contributed by atoms with E-state index in [9.17, 15) is 10.1 Å². The highest BCUT2D eigenvalue weighted by atomic mass is 16.1.